The maximum Gasteiger partial charge on any atom is 0.129 e. The van der Waals surface area contributed by atoms with Crippen molar-refractivity contribution in [2.75, 3.05) is 7.11 Å². The van der Waals surface area contributed by atoms with E-state index in [1.807, 2.05) is 30.5 Å². The highest BCUT2D eigenvalue weighted by Crippen LogP contribution is 2.32. The molecule has 14 heavy (non-hydrogen) atoms. The number of nitrogens with zero attached hydrogens (tertiary/aromatic N) is 1. The van der Waals surface area contributed by atoms with Crippen LogP contribution >= 0.6 is 11.3 Å². The van der Waals surface area contributed by atoms with Crippen LogP contribution in [0.4, 0.5) is 0 Å². The summed E-state index contributed by atoms with van der Waals surface area (Å²) in [5.41, 5.74) is 1.06. The fourth-order valence-corrected chi connectivity index (χ4v) is 2.09. The van der Waals surface area contributed by atoms with E-state index in [2.05, 4.69) is 11.9 Å². The van der Waals surface area contributed by atoms with Gasteiger partial charge < -0.3 is 4.74 Å². The zero-order chi connectivity index (χ0) is 9.97. The summed E-state index contributed by atoms with van der Waals surface area (Å²) in [7, 11) is 1.68. The van der Waals surface area contributed by atoms with Gasteiger partial charge in [-0.25, -0.2) is 4.98 Å². The van der Waals surface area contributed by atoms with Crippen LogP contribution in [-0.4, -0.2) is 12.1 Å². The predicted molar refractivity (Wildman–Crippen MR) is 58.8 cm³/mol. The van der Waals surface area contributed by atoms with Crippen LogP contribution in [0.25, 0.3) is 10.6 Å². The number of methoxy groups -OCH3 is 1. The summed E-state index contributed by atoms with van der Waals surface area (Å²) < 4.78 is 5.28. The summed E-state index contributed by atoms with van der Waals surface area (Å²) in [6, 6.07) is 7.93. The van der Waals surface area contributed by atoms with Gasteiger partial charge in [0.2, 0.25) is 0 Å². The van der Waals surface area contributed by atoms with Gasteiger partial charge in [0.25, 0.3) is 0 Å². The fraction of sp³-hybridized carbons (Fsp3) is 0.182. The first-order chi connectivity index (χ1) is 6.81. The van der Waals surface area contributed by atoms with Crippen LogP contribution in [0.3, 0.4) is 0 Å². The summed E-state index contributed by atoms with van der Waals surface area (Å²) >= 11 is 1.68. The molecule has 1 aromatic carbocycles. The third-order valence-corrected chi connectivity index (χ3v) is 2.90. The molecule has 0 unspecified atom stereocenters. The van der Waals surface area contributed by atoms with Crippen molar-refractivity contribution < 1.29 is 4.74 Å². The molecule has 0 amide bonds. The number of thiazole rings is 1. The Morgan fingerprint density at radius 1 is 1.29 bits per heavy atom. The Bertz CT molecular complexity index is 436. The number of ether oxygens (including phenoxy) is 1. The Labute approximate surface area is 87.2 Å². The van der Waals surface area contributed by atoms with E-state index in [0.29, 0.717) is 0 Å². The molecule has 0 saturated carbocycles. The molecule has 0 aliphatic carbocycles. The lowest BCUT2D eigenvalue weighted by Gasteiger charge is -2.04. The zero-order valence-corrected chi connectivity index (χ0v) is 8.97. The average Bonchev–Trinajstić information content (AvgIpc) is 2.65. The first kappa shape index (κ1) is 9.21. The van der Waals surface area contributed by atoms with Crippen LogP contribution in [0, 0.1) is 6.92 Å². The molecule has 0 atom stereocenters. The van der Waals surface area contributed by atoms with Gasteiger partial charge in [-0.2, -0.15) is 0 Å². The normalized spacial score (nSPS) is 10.1. The number of hydrogen-bond donors (Lipinski definition) is 0. The number of rotatable bonds is 2. The van der Waals surface area contributed by atoms with E-state index in [1.165, 1.54) is 4.88 Å². The summed E-state index contributed by atoms with van der Waals surface area (Å²) in [5.74, 6) is 0.877. The Hall–Kier alpha value is -1.35. The maximum absolute atomic E-state index is 5.28. The Balaban J connectivity index is 2.50. The number of aromatic nitrogens is 1. The Morgan fingerprint density at radius 3 is 2.71 bits per heavy atom. The second-order valence-electron chi connectivity index (χ2n) is 2.98. The molecular formula is C11H11NOS. The zero-order valence-electron chi connectivity index (χ0n) is 8.15. The quantitative estimate of drug-likeness (QED) is 0.751. The summed E-state index contributed by atoms with van der Waals surface area (Å²) in [4.78, 5) is 5.55. The van der Waals surface area contributed by atoms with Gasteiger partial charge in [-0.05, 0) is 19.1 Å². The first-order valence-electron chi connectivity index (χ1n) is 4.37. The molecule has 2 aromatic rings. The molecule has 0 aliphatic rings. The number of benzene rings is 1. The van der Waals surface area contributed by atoms with Gasteiger partial charge in [0, 0.05) is 11.1 Å². The smallest absolute Gasteiger partial charge is 0.129 e. The lowest BCUT2D eigenvalue weighted by molar-refractivity contribution is 0.416. The van der Waals surface area contributed by atoms with E-state index < -0.39 is 0 Å². The van der Waals surface area contributed by atoms with E-state index in [4.69, 9.17) is 4.74 Å². The van der Waals surface area contributed by atoms with Crippen molar-refractivity contribution in [1.29, 1.82) is 0 Å². The maximum atomic E-state index is 5.28. The van der Waals surface area contributed by atoms with E-state index in [0.717, 1.165) is 16.3 Å². The highest BCUT2D eigenvalue weighted by Gasteiger charge is 2.07. The highest BCUT2D eigenvalue weighted by molar-refractivity contribution is 7.15. The molecule has 0 aliphatic heterocycles. The van der Waals surface area contributed by atoms with Crippen molar-refractivity contribution in [3.8, 4) is 16.3 Å². The predicted octanol–water partition coefficient (Wildman–Crippen LogP) is 3.13. The van der Waals surface area contributed by atoms with E-state index in [9.17, 15) is 0 Å². The van der Waals surface area contributed by atoms with Gasteiger partial charge in [-0.1, -0.05) is 12.1 Å². The monoisotopic (exact) mass is 205 g/mol. The van der Waals surface area contributed by atoms with Gasteiger partial charge in [0.15, 0.2) is 0 Å². The minimum atomic E-state index is 0.877. The largest absolute Gasteiger partial charge is 0.496 e. The average molecular weight is 205 g/mol. The summed E-state index contributed by atoms with van der Waals surface area (Å²) in [5, 5.41) is 1.01. The molecule has 1 aromatic heterocycles. The molecule has 0 fully saturated rings. The number of hydrogen-bond acceptors (Lipinski definition) is 3. The molecular weight excluding hydrogens is 194 g/mol. The van der Waals surface area contributed by atoms with Crippen LogP contribution in [0.15, 0.2) is 30.5 Å². The first-order valence-corrected chi connectivity index (χ1v) is 5.18. The van der Waals surface area contributed by atoms with Crippen molar-refractivity contribution in [3.05, 3.63) is 35.3 Å². The summed E-state index contributed by atoms with van der Waals surface area (Å²) in [6.07, 6.45) is 1.88. The van der Waals surface area contributed by atoms with Gasteiger partial charge in [-0.3, -0.25) is 0 Å². The van der Waals surface area contributed by atoms with Gasteiger partial charge in [0.05, 0.1) is 12.7 Å². The van der Waals surface area contributed by atoms with Crippen molar-refractivity contribution in [3.63, 3.8) is 0 Å². The Morgan fingerprint density at radius 2 is 2.07 bits per heavy atom. The Kier molecular flexibility index (Phi) is 2.50. The van der Waals surface area contributed by atoms with Crippen LogP contribution in [-0.2, 0) is 0 Å². The lowest BCUT2D eigenvalue weighted by Crippen LogP contribution is -1.85. The van der Waals surface area contributed by atoms with Crippen LogP contribution in [0.2, 0.25) is 0 Å². The second-order valence-corrected chi connectivity index (χ2v) is 4.21. The molecule has 0 radical (unpaired) electrons. The highest BCUT2D eigenvalue weighted by atomic mass is 32.1. The van der Waals surface area contributed by atoms with Crippen LogP contribution < -0.4 is 4.74 Å². The minimum absolute atomic E-state index is 0.877. The molecule has 2 rings (SSSR count). The van der Waals surface area contributed by atoms with Crippen LogP contribution in [0.5, 0.6) is 5.75 Å². The number of para-hydroxylation sites is 1. The lowest BCUT2D eigenvalue weighted by atomic mass is 10.2. The fourth-order valence-electron chi connectivity index (χ4n) is 1.30. The van der Waals surface area contributed by atoms with E-state index >= 15 is 0 Å². The number of aryl methyl sites for hydroxylation is 1. The van der Waals surface area contributed by atoms with Crippen LogP contribution in [0.1, 0.15) is 4.88 Å². The van der Waals surface area contributed by atoms with E-state index in [-0.39, 0.29) is 0 Å². The third-order valence-electron chi connectivity index (χ3n) is 1.96. The van der Waals surface area contributed by atoms with Crippen molar-refractivity contribution >= 4 is 11.3 Å². The molecule has 0 spiro atoms. The van der Waals surface area contributed by atoms with Gasteiger partial charge >= 0.3 is 0 Å². The summed E-state index contributed by atoms with van der Waals surface area (Å²) in [6.45, 7) is 2.05. The standard InChI is InChI=1S/C11H11NOS/c1-8-7-12-11(14-8)9-5-3-4-6-10(9)13-2/h3-7H,1-2H3. The molecule has 0 bridgehead atoms. The molecule has 2 nitrogen and oxygen atoms in total. The van der Waals surface area contributed by atoms with Gasteiger partial charge in [-0.15, -0.1) is 11.3 Å². The van der Waals surface area contributed by atoms with Crippen molar-refractivity contribution in [1.82, 2.24) is 4.98 Å². The van der Waals surface area contributed by atoms with Gasteiger partial charge in [0.1, 0.15) is 10.8 Å². The third kappa shape index (κ3) is 1.63. The topological polar surface area (TPSA) is 22.1 Å². The SMILES string of the molecule is COc1ccccc1-c1ncc(C)s1. The van der Waals surface area contributed by atoms with E-state index in [1.54, 1.807) is 18.4 Å². The molecule has 3 heteroatoms. The second kappa shape index (κ2) is 3.80. The van der Waals surface area contributed by atoms with Crippen molar-refractivity contribution in [2.24, 2.45) is 0 Å². The molecule has 72 valence electrons. The molecule has 1 heterocycles. The molecule has 0 saturated heterocycles. The minimum Gasteiger partial charge on any atom is -0.496 e. The molecule has 0 N–H and O–H groups in total. The van der Waals surface area contributed by atoms with Crippen molar-refractivity contribution in [2.45, 2.75) is 6.92 Å².